The summed E-state index contributed by atoms with van der Waals surface area (Å²) >= 11 is 1.57. The zero-order valence-corrected chi connectivity index (χ0v) is 16.0. The minimum absolute atomic E-state index is 0.000387. The largest absolute Gasteiger partial charge is 0.379 e. The highest BCUT2D eigenvalue weighted by Crippen LogP contribution is 2.19. The molecule has 26 heavy (non-hydrogen) atoms. The molecule has 1 heterocycles. The van der Waals surface area contributed by atoms with Gasteiger partial charge in [0.15, 0.2) is 0 Å². The number of hydrogen-bond donors (Lipinski definition) is 1. The van der Waals surface area contributed by atoms with Gasteiger partial charge in [0.05, 0.1) is 25.0 Å². The summed E-state index contributed by atoms with van der Waals surface area (Å²) < 4.78 is 5.43. The maximum absolute atomic E-state index is 12.5. The number of hydrogen-bond acceptors (Lipinski definition) is 4. The van der Waals surface area contributed by atoms with Gasteiger partial charge in [-0.2, -0.15) is 0 Å². The monoisotopic (exact) mass is 370 g/mol. The Hall–Kier alpha value is -1.82. The average Bonchev–Trinajstić information content (AvgIpc) is 2.68. The van der Waals surface area contributed by atoms with Crippen molar-refractivity contribution in [1.29, 1.82) is 0 Å². The summed E-state index contributed by atoms with van der Waals surface area (Å²) in [4.78, 5) is 16.0. The zero-order chi connectivity index (χ0) is 18.2. The number of nitrogens with zero attached hydrogens (tertiary/aromatic N) is 1. The summed E-state index contributed by atoms with van der Waals surface area (Å²) in [6, 6.07) is 18.5. The van der Waals surface area contributed by atoms with Crippen molar-refractivity contribution in [2.75, 3.05) is 38.6 Å². The molecular weight excluding hydrogens is 344 g/mol. The fraction of sp³-hybridized carbons (Fsp3) is 0.381. The van der Waals surface area contributed by atoms with Crippen LogP contribution in [0.2, 0.25) is 0 Å². The van der Waals surface area contributed by atoms with E-state index in [1.54, 1.807) is 11.8 Å². The summed E-state index contributed by atoms with van der Waals surface area (Å²) in [5.41, 5.74) is 2.38. The molecule has 4 nitrogen and oxygen atoms in total. The summed E-state index contributed by atoms with van der Waals surface area (Å²) in [6.07, 6.45) is 0. The van der Waals surface area contributed by atoms with Gasteiger partial charge < -0.3 is 10.1 Å². The summed E-state index contributed by atoms with van der Waals surface area (Å²) in [5.74, 6) is 0.493. The van der Waals surface area contributed by atoms with E-state index in [-0.39, 0.29) is 11.9 Å². The van der Waals surface area contributed by atoms with Gasteiger partial charge in [0, 0.05) is 24.5 Å². The van der Waals surface area contributed by atoms with Crippen molar-refractivity contribution in [3.8, 4) is 0 Å². The Morgan fingerprint density at radius 1 is 1.12 bits per heavy atom. The first-order chi connectivity index (χ1) is 12.7. The molecule has 2 aromatic carbocycles. The van der Waals surface area contributed by atoms with Crippen molar-refractivity contribution in [1.82, 2.24) is 10.2 Å². The van der Waals surface area contributed by atoms with Gasteiger partial charge in [0.1, 0.15) is 0 Å². The highest BCUT2D eigenvalue weighted by atomic mass is 32.2. The third-order valence-electron chi connectivity index (χ3n) is 4.47. The Balaban J connectivity index is 1.58. The van der Waals surface area contributed by atoms with Crippen LogP contribution in [0.1, 0.15) is 17.2 Å². The van der Waals surface area contributed by atoms with Gasteiger partial charge in [-0.3, -0.25) is 9.69 Å². The third kappa shape index (κ3) is 5.87. The molecular formula is C21H26N2O2S. The molecule has 1 amide bonds. The van der Waals surface area contributed by atoms with Gasteiger partial charge in [0.25, 0.3) is 0 Å². The van der Waals surface area contributed by atoms with Gasteiger partial charge in [-0.15, -0.1) is 11.8 Å². The van der Waals surface area contributed by atoms with Crippen LogP contribution in [0.5, 0.6) is 0 Å². The number of rotatable bonds is 7. The van der Waals surface area contributed by atoms with Crippen LogP contribution in [0.15, 0.2) is 59.5 Å². The quantitative estimate of drug-likeness (QED) is 0.760. The van der Waals surface area contributed by atoms with Gasteiger partial charge in [-0.05, 0) is 24.6 Å². The van der Waals surface area contributed by atoms with Crippen molar-refractivity contribution in [2.24, 2.45) is 0 Å². The van der Waals surface area contributed by atoms with E-state index in [4.69, 9.17) is 4.74 Å². The van der Waals surface area contributed by atoms with E-state index in [9.17, 15) is 4.79 Å². The van der Waals surface area contributed by atoms with E-state index in [0.717, 1.165) is 43.3 Å². The molecule has 3 rings (SSSR count). The number of carbonyl (C=O) groups excluding carboxylic acids is 1. The second-order valence-corrected chi connectivity index (χ2v) is 7.59. The topological polar surface area (TPSA) is 41.6 Å². The van der Waals surface area contributed by atoms with Crippen LogP contribution in [0, 0.1) is 6.92 Å². The normalized spacial score (nSPS) is 16.2. The molecule has 1 fully saturated rings. The summed E-state index contributed by atoms with van der Waals surface area (Å²) in [6.45, 7) is 6.23. The van der Waals surface area contributed by atoms with Crippen LogP contribution in [0.25, 0.3) is 0 Å². The van der Waals surface area contributed by atoms with Crippen LogP contribution in [0.4, 0.5) is 0 Å². The number of nitrogens with one attached hydrogen (secondary N) is 1. The van der Waals surface area contributed by atoms with Crippen molar-refractivity contribution < 1.29 is 9.53 Å². The Morgan fingerprint density at radius 3 is 2.50 bits per heavy atom. The van der Waals surface area contributed by atoms with Crippen molar-refractivity contribution in [3.63, 3.8) is 0 Å². The number of benzene rings is 2. The molecule has 0 spiro atoms. The van der Waals surface area contributed by atoms with E-state index in [1.807, 2.05) is 18.2 Å². The predicted octanol–water partition coefficient (Wildman–Crippen LogP) is 3.28. The molecule has 0 aromatic heterocycles. The third-order valence-corrected chi connectivity index (χ3v) is 5.48. The highest BCUT2D eigenvalue weighted by molar-refractivity contribution is 8.00. The van der Waals surface area contributed by atoms with Gasteiger partial charge in [-0.1, -0.05) is 48.0 Å². The minimum atomic E-state index is 0.000387. The number of thioether (sulfide) groups is 1. The molecule has 5 heteroatoms. The first-order valence-corrected chi connectivity index (χ1v) is 10.0. The summed E-state index contributed by atoms with van der Waals surface area (Å²) in [5, 5.41) is 3.22. The maximum atomic E-state index is 12.5. The van der Waals surface area contributed by atoms with Crippen molar-refractivity contribution in [3.05, 3.63) is 65.7 Å². The molecule has 1 atom stereocenters. The molecule has 1 aliphatic heterocycles. The lowest BCUT2D eigenvalue weighted by Crippen LogP contribution is -2.43. The van der Waals surface area contributed by atoms with Crippen LogP contribution < -0.4 is 5.32 Å². The molecule has 1 unspecified atom stereocenters. The predicted molar refractivity (Wildman–Crippen MR) is 106 cm³/mol. The average molecular weight is 371 g/mol. The Kier molecular flexibility index (Phi) is 7.12. The zero-order valence-electron chi connectivity index (χ0n) is 15.2. The number of ether oxygens (including phenoxy) is 1. The maximum Gasteiger partial charge on any atom is 0.230 e. The van der Waals surface area contributed by atoms with Crippen LogP contribution >= 0.6 is 11.8 Å². The fourth-order valence-electron chi connectivity index (χ4n) is 2.98. The van der Waals surface area contributed by atoms with Gasteiger partial charge in [-0.25, -0.2) is 0 Å². The molecule has 1 N–H and O–H groups in total. The number of aryl methyl sites for hydroxylation is 1. The number of amides is 1. The lowest BCUT2D eigenvalue weighted by Gasteiger charge is -2.31. The molecule has 0 saturated carbocycles. The van der Waals surface area contributed by atoms with Crippen molar-refractivity contribution in [2.45, 2.75) is 17.9 Å². The second kappa shape index (κ2) is 9.76. The number of carbonyl (C=O) groups is 1. The van der Waals surface area contributed by atoms with E-state index < -0.39 is 0 Å². The first-order valence-electron chi connectivity index (χ1n) is 9.04. The standard InChI is InChI=1S/C21H26N2O2S/c1-17-7-9-19(10-8-17)26-16-21(24)22-20(18-5-3-2-4-6-18)15-23-11-13-25-14-12-23/h2-10,20H,11-16H2,1H3,(H,22,24). The SMILES string of the molecule is Cc1ccc(SCC(=O)NC(CN2CCOCC2)c2ccccc2)cc1. The molecule has 0 bridgehead atoms. The fourth-order valence-corrected chi connectivity index (χ4v) is 3.69. The molecule has 1 aliphatic rings. The lowest BCUT2D eigenvalue weighted by molar-refractivity contribution is -0.119. The molecule has 2 aromatic rings. The van der Waals surface area contributed by atoms with E-state index in [2.05, 4.69) is 53.5 Å². The molecule has 1 saturated heterocycles. The molecule has 138 valence electrons. The Labute approximate surface area is 159 Å². The van der Waals surface area contributed by atoms with Crippen LogP contribution in [-0.4, -0.2) is 49.4 Å². The Morgan fingerprint density at radius 2 is 1.81 bits per heavy atom. The molecule has 0 radical (unpaired) electrons. The van der Waals surface area contributed by atoms with Crippen LogP contribution in [0.3, 0.4) is 0 Å². The van der Waals surface area contributed by atoms with Crippen molar-refractivity contribution >= 4 is 17.7 Å². The van der Waals surface area contributed by atoms with Crippen LogP contribution in [-0.2, 0) is 9.53 Å². The smallest absolute Gasteiger partial charge is 0.230 e. The van der Waals surface area contributed by atoms with E-state index in [1.165, 1.54) is 5.56 Å². The van der Waals surface area contributed by atoms with E-state index >= 15 is 0 Å². The number of morpholine rings is 1. The Bertz CT molecular complexity index is 685. The minimum Gasteiger partial charge on any atom is -0.379 e. The second-order valence-electron chi connectivity index (χ2n) is 6.55. The summed E-state index contributed by atoms with van der Waals surface area (Å²) in [7, 11) is 0. The van der Waals surface area contributed by atoms with E-state index in [0.29, 0.717) is 5.75 Å². The van der Waals surface area contributed by atoms with Gasteiger partial charge >= 0.3 is 0 Å². The lowest BCUT2D eigenvalue weighted by atomic mass is 10.1. The highest BCUT2D eigenvalue weighted by Gasteiger charge is 2.20. The molecule has 0 aliphatic carbocycles. The first kappa shape index (κ1) is 19.0. The van der Waals surface area contributed by atoms with Gasteiger partial charge in [0.2, 0.25) is 5.91 Å².